The molecular weight excluding hydrogens is 573 g/mol. The minimum Gasteiger partial charge on any atom is -0.381 e. The third-order valence-corrected chi connectivity index (χ3v) is 8.78. The molecule has 2 fully saturated rings. The third-order valence-electron chi connectivity index (χ3n) is 8.78. The lowest BCUT2D eigenvalue weighted by atomic mass is 9.87. The monoisotopic (exact) mass is 608 g/mol. The van der Waals surface area contributed by atoms with Gasteiger partial charge in [0.05, 0.1) is 46.6 Å². The number of alkyl halides is 1. The molecule has 3 atom stereocenters. The number of nitrogens with zero attached hydrogens (tertiary/aromatic N) is 6. The summed E-state index contributed by atoms with van der Waals surface area (Å²) in [6.45, 7) is 5.15. The first-order chi connectivity index (χ1) is 21.1. The molecule has 3 N–H and O–H groups in total. The predicted octanol–water partition coefficient (Wildman–Crippen LogP) is 4.42. The second kappa shape index (κ2) is 11.7. The minimum absolute atomic E-state index is 0.0304. The Hall–Kier alpha value is -4.23. The van der Waals surface area contributed by atoms with Crippen LogP contribution in [0.2, 0.25) is 0 Å². The molecule has 0 aliphatic carbocycles. The van der Waals surface area contributed by atoms with Crippen molar-refractivity contribution in [3.8, 4) is 11.3 Å². The number of carbonyl (C=O) groups excluding carboxylic acids is 1. The van der Waals surface area contributed by atoms with Gasteiger partial charge in [-0.1, -0.05) is 6.92 Å². The molecule has 10 nitrogen and oxygen atoms in total. The Morgan fingerprint density at radius 1 is 1.14 bits per heavy atom. The highest BCUT2D eigenvalue weighted by Gasteiger charge is 2.37. The fourth-order valence-corrected chi connectivity index (χ4v) is 6.43. The molecule has 0 radical (unpaired) electrons. The number of benzene rings is 1. The number of pyridine rings is 1. The summed E-state index contributed by atoms with van der Waals surface area (Å²) in [5, 5.41) is 7.77. The summed E-state index contributed by atoms with van der Waals surface area (Å²) in [7, 11) is 1.78. The van der Waals surface area contributed by atoms with E-state index in [4.69, 9.17) is 10.5 Å². The summed E-state index contributed by atoms with van der Waals surface area (Å²) < 4.78 is 52.9. The van der Waals surface area contributed by atoms with Crippen molar-refractivity contribution >= 4 is 28.7 Å². The summed E-state index contributed by atoms with van der Waals surface area (Å²) in [6, 6.07) is 6.75. The van der Waals surface area contributed by atoms with Crippen LogP contribution >= 0.6 is 0 Å². The van der Waals surface area contributed by atoms with Crippen LogP contribution < -0.4 is 16.0 Å². The molecule has 1 aromatic carbocycles. The van der Waals surface area contributed by atoms with E-state index in [1.165, 1.54) is 17.5 Å². The molecule has 0 spiro atoms. The first-order valence-electron chi connectivity index (χ1n) is 14.6. The number of aromatic nitrogens is 4. The number of nitrogens with one attached hydrogen (secondary N) is 1. The molecule has 44 heavy (non-hydrogen) atoms. The van der Waals surface area contributed by atoms with Gasteiger partial charge in [0, 0.05) is 65.4 Å². The summed E-state index contributed by atoms with van der Waals surface area (Å²) >= 11 is 0. The number of halogens is 3. The van der Waals surface area contributed by atoms with Crippen molar-refractivity contribution in [1.82, 2.24) is 24.5 Å². The van der Waals surface area contributed by atoms with Gasteiger partial charge in [-0.2, -0.15) is 9.61 Å². The molecule has 0 saturated carbocycles. The second-order valence-corrected chi connectivity index (χ2v) is 11.7. The van der Waals surface area contributed by atoms with E-state index in [0.29, 0.717) is 30.2 Å². The van der Waals surface area contributed by atoms with Gasteiger partial charge in [0.2, 0.25) is 11.9 Å². The Kier molecular flexibility index (Phi) is 7.93. The maximum atomic E-state index is 15.4. The number of imidazole rings is 1. The average Bonchev–Trinajstić information content (AvgIpc) is 3.38. The Morgan fingerprint density at radius 3 is 2.55 bits per heavy atom. The van der Waals surface area contributed by atoms with Crippen molar-refractivity contribution in [2.75, 3.05) is 43.6 Å². The van der Waals surface area contributed by atoms with E-state index in [0.717, 1.165) is 17.8 Å². The molecule has 1 amide bonds. The SMILES string of the molecule is CC(=O)N(C)[C@@H]1[C@H](N)CN(c2ccncc2Nc2ncc3ccc(-c4c(F)cc(C5(F)CCOCC5)cc4F)nn23)C[C@@H]1C. The zero-order valence-corrected chi connectivity index (χ0v) is 24.8. The van der Waals surface area contributed by atoms with Crippen molar-refractivity contribution in [2.24, 2.45) is 11.7 Å². The van der Waals surface area contributed by atoms with Gasteiger partial charge in [0.15, 0.2) is 0 Å². The lowest BCUT2D eigenvalue weighted by molar-refractivity contribution is -0.131. The summed E-state index contributed by atoms with van der Waals surface area (Å²) in [6.07, 6.45) is 5.00. The molecule has 5 heterocycles. The number of hydrogen-bond acceptors (Lipinski definition) is 8. The predicted molar refractivity (Wildman–Crippen MR) is 160 cm³/mol. The molecule has 6 rings (SSSR count). The number of carbonyl (C=O) groups is 1. The topological polar surface area (TPSA) is 114 Å². The molecule has 2 aliphatic heterocycles. The average molecular weight is 609 g/mol. The molecule has 2 saturated heterocycles. The van der Waals surface area contributed by atoms with E-state index in [2.05, 4.69) is 32.2 Å². The van der Waals surface area contributed by atoms with E-state index in [-0.39, 0.29) is 66.8 Å². The van der Waals surface area contributed by atoms with E-state index >= 15 is 13.2 Å². The highest BCUT2D eigenvalue weighted by Crippen LogP contribution is 2.39. The van der Waals surface area contributed by atoms with Crippen molar-refractivity contribution in [1.29, 1.82) is 0 Å². The maximum absolute atomic E-state index is 15.4. The zero-order valence-electron chi connectivity index (χ0n) is 24.8. The van der Waals surface area contributed by atoms with Gasteiger partial charge >= 0.3 is 0 Å². The molecule has 13 heteroatoms. The Balaban J connectivity index is 1.29. The van der Waals surface area contributed by atoms with Gasteiger partial charge in [0.1, 0.15) is 17.3 Å². The Labute approximate surface area is 253 Å². The number of likely N-dealkylation sites (N-methyl/N-ethyl adjacent to an activating group) is 1. The van der Waals surface area contributed by atoms with Gasteiger partial charge in [-0.25, -0.2) is 18.2 Å². The highest BCUT2D eigenvalue weighted by atomic mass is 19.1. The largest absolute Gasteiger partial charge is 0.381 e. The van der Waals surface area contributed by atoms with Crippen molar-refractivity contribution < 1.29 is 22.7 Å². The van der Waals surface area contributed by atoms with E-state index in [1.807, 2.05) is 6.07 Å². The number of hydrogen-bond donors (Lipinski definition) is 2. The fraction of sp³-hybridized carbons (Fsp3) is 0.419. The second-order valence-electron chi connectivity index (χ2n) is 11.7. The number of amides is 1. The minimum atomic E-state index is -1.85. The van der Waals surface area contributed by atoms with Crippen molar-refractivity contribution in [2.45, 2.75) is 44.4 Å². The molecule has 4 aromatic rings. The van der Waals surface area contributed by atoms with Gasteiger partial charge in [0.25, 0.3) is 0 Å². The van der Waals surface area contributed by atoms with Crippen LogP contribution in [0.15, 0.2) is 48.9 Å². The van der Waals surface area contributed by atoms with Crippen LogP contribution in [0, 0.1) is 17.6 Å². The molecule has 3 aromatic heterocycles. The van der Waals surface area contributed by atoms with Gasteiger partial charge in [-0.15, -0.1) is 0 Å². The first-order valence-corrected chi connectivity index (χ1v) is 14.6. The fourth-order valence-electron chi connectivity index (χ4n) is 6.43. The molecular formula is C31H35F3N8O2. The molecule has 232 valence electrons. The zero-order chi connectivity index (χ0) is 31.2. The Bertz CT molecular complexity index is 1660. The lowest BCUT2D eigenvalue weighted by Gasteiger charge is -2.46. The van der Waals surface area contributed by atoms with Gasteiger partial charge in [-0.3, -0.25) is 9.78 Å². The summed E-state index contributed by atoms with van der Waals surface area (Å²) in [4.78, 5) is 24.6. The van der Waals surface area contributed by atoms with E-state index in [9.17, 15) is 4.79 Å². The number of nitrogens with two attached hydrogens (primary N) is 1. The third kappa shape index (κ3) is 5.45. The molecule has 2 aliphatic rings. The summed E-state index contributed by atoms with van der Waals surface area (Å²) in [5.41, 5.74) is 6.41. The van der Waals surface area contributed by atoms with E-state index < -0.39 is 17.3 Å². The van der Waals surface area contributed by atoms with Crippen LogP contribution in [0.1, 0.15) is 32.3 Å². The van der Waals surface area contributed by atoms with Crippen LogP contribution in [-0.4, -0.2) is 75.8 Å². The van der Waals surface area contributed by atoms with Crippen LogP contribution in [0.25, 0.3) is 16.8 Å². The standard InChI is InChI=1S/C31H35F3N8O2/c1-18-16-41(17-24(35)29(18)40(3)19(2)43)27-6-9-36-15-26(27)38-30-37-14-21-4-5-25(39-42(21)30)28-22(32)12-20(13-23(28)33)31(34)7-10-44-11-8-31/h4-6,9,12-15,18,24,29H,7-8,10-11,16-17,35H2,1-3H3,(H,37,38)/t18-,24+,29-/m0/s1. The quantitative estimate of drug-likeness (QED) is 0.331. The number of anilines is 3. The lowest BCUT2D eigenvalue weighted by Crippen LogP contribution is -2.62. The normalized spacial score (nSPS) is 21.8. The number of rotatable bonds is 6. The van der Waals surface area contributed by atoms with Crippen LogP contribution in [-0.2, 0) is 15.2 Å². The maximum Gasteiger partial charge on any atom is 0.229 e. The van der Waals surface area contributed by atoms with Crippen molar-refractivity contribution in [3.63, 3.8) is 0 Å². The van der Waals surface area contributed by atoms with Crippen molar-refractivity contribution in [3.05, 3.63) is 66.1 Å². The number of ether oxygens (including phenoxy) is 1. The number of piperidine rings is 1. The van der Waals surface area contributed by atoms with Crippen LogP contribution in [0.3, 0.4) is 0 Å². The van der Waals surface area contributed by atoms with Gasteiger partial charge in [-0.05, 0) is 41.8 Å². The van der Waals surface area contributed by atoms with Gasteiger partial charge < -0.3 is 25.6 Å². The Morgan fingerprint density at radius 2 is 1.86 bits per heavy atom. The molecule has 0 bridgehead atoms. The summed E-state index contributed by atoms with van der Waals surface area (Å²) in [5.74, 6) is -1.42. The van der Waals surface area contributed by atoms with Crippen LogP contribution in [0.4, 0.5) is 30.5 Å². The first kappa shape index (κ1) is 29.8. The molecule has 0 unspecified atom stereocenters. The highest BCUT2D eigenvalue weighted by molar-refractivity contribution is 5.75. The smallest absolute Gasteiger partial charge is 0.229 e. The van der Waals surface area contributed by atoms with Crippen LogP contribution in [0.5, 0.6) is 0 Å². The van der Waals surface area contributed by atoms with E-state index in [1.54, 1.807) is 36.6 Å². The number of fused-ring (bicyclic) bond motifs is 1.